The highest BCUT2D eigenvalue weighted by Gasteiger charge is 2.21. The van der Waals surface area contributed by atoms with Crippen LogP contribution in [0.15, 0.2) is 0 Å². The Hall–Kier alpha value is -1.10. The molecule has 18 heavy (non-hydrogen) atoms. The van der Waals surface area contributed by atoms with Crippen LogP contribution in [0.25, 0.3) is 0 Å². The van der Waals surface area contributed by atoms with Crippen molar-refractivity contribution in [2.75, 3.05) is 19.6 Å². The van der Waals surface area contributed by atoms with Crippen LogP contribution in [-0.2, 0) is 9.59 Å². The summed E-state index contributed by atoms with van der Waals surface area (Å²) in [5.41, 5.74) is 5.81. The van der Waals surface area contributed by atoms with Crippen molar-refractivity contribution in [3.63, 3.8) is 0 Å². The van der Waals surface area contributed by atoms with Gasteiger partial charge in [-0.05, 0) is 19.3 Å². The number of carbonyl (C=O) groups is 2. The Morgan fingerprint density at radius 3 is 2.33 bits per heavy atom. The first-order valence-electron chi connectivity index (χ1n) is 6.87. The summed E-state index contributed by atoms with van der Waals surface area (Å²) in [5, 5.41) is 2.77. The van der Waals surface area contributed by atoms with Crippen LogP contribution in [0.2, 0.25) is 0 Å². The number of nitrogens with zero attached hydrogens (tertiary/aromatic N) is 1. The Balaban J connectivity index is 4.36. The van der Waals surface area contributed by atoms with Crippen molar-refractivity contribution < 1.29 is 9.59 Å². The summed E-state index contributed by atoms with van der Waals surface area (Å²) in [4.78, 5) is 25.2. The monoisotopic (exact) mass is 257 g/mol. The molecular formula is C13H27N3O2. The summed E-state index contributed by atoms with van der Waals surface area (Å²) in [6, 6.07) is -0.486. The van der Waals surface area contributed by atoms with Crippen molar-refractivity contribution in [2.45, 2.75) is 52.5 Å². The highest BCUT2D eigenvalue weighted by molar-refractivity contribution is 5.87. The molecule has 0 spiro atoms. The van der Waals surface area contributed by atoms with Gasteiger partial charge in [-0.3, -0.25) is 9.59 Å². The van der Waals surface area contributed by atoms with E-state index in [0.29, 0.717) is 19.5 Å². The van der Waals surface area contributed by atoms with Gasteiger partial charge in [-0.15, -0.1) is 0 Å². The lowest BCUT2D eigenvalue weighted by molar-refractivity contribution is -0.137. The summed E-state index contributed by atoms with van der Waals surface area (Å²) < 4.78 is 0. The molecule has 0 rings (SSSR count). The lowest BCUT2D eigenvalue weighted by Gasteiger charge is -2.24. The lowest BCUT2D eigenvalue weighted by Crippen LogP contribution is -2.48. The number of rotatable bonds is 9. The second-order valence-electron chi connectivity index (χ2n) is 4.50. The predicted molar refractivity (Wildman–Crippen MR) is 73.1 cm³/mol. The molecule has 1 atom stereocenters. The van der Waals surface area contributed by atoms with Crippen LogP contribution >= 0.6 is 0 Å². The highest BCUT2D eigenvalue weighted by Crippen LogP contribution is 2.01. The Morgan fingerprint density at radius 1 is 1.17 bits per heavy atom. The molecule has 0 aliphatic rings. The van der Waals surface area contributed by atoms with Gasteiger partial charge in [0.1, 0.15) is 0 Å². The molecule has 0 bridgehead atoms. The van der Waals surface area contributed by atoms with Crippen molar-refractivity contribution in [3.05, 3.63) is 0 Å². The summed E-state index contributed by atoms with van der Waals surface area (Å²) in [6.07, 6.45) is 3.25. The molecule has 3 N–H and O–H groups in total. The van der Waals surface area contributed by atoms with Crippen LogP contribution in [-0.4, -0.2) is 42.4 Å². The minimum atomic E-state index is -0.486. The second-order valence-corrected chi connectivity index (χ2v) is 4.50. The van der Waals surface area contributed by atoms with Gasteiger partial charge < -0.3 is 16.0 Å². The Bertz CT molecular complexity index is 257. The molecule has 0 saturated heterocycles. The third kappa shape index (κ3) is 6.59. The zero-order valence-corrected chi connectivity index (χ0v) is 11.9. The van der Waals surface area contributed by atoms with Crippen LogP contribution in [0.3, 0.4) is 0 Å². The molecule has 0 radical (unpaired) electrons. The van der Waals surface area contributed by atoms with E-state index in [1.807, 2.05) is 20.8 Å². The molecule has 106 valence electrons. The molecule has 0 aromatic rings. The maximum absolute atomic E-state index is 12.1. The van der Waals surface area contributed by atoms with E-state index in [2.05, 4.69) is 5.32 Å². The third-order valence-corrected chi connectivity index (χ3v) is 2.63. The molecule has 5 nitrogen and oxygen atoms in total. The van der Waals surface area contributed by atoms with E-state index in [-0.39, 0.29) is 18.4 Å². The van der Waals surface area contributed by atoms with Gasteiger partial charge in [0.25, 0.3) is 0 Å². The fourth-order valence-electron chi connectivity index (χ4n) is 1.70. The zero-order chi connectivity index (χ0) is 14.0. The van der Waals surface area contributed by atoms with Crippen LogP contribution in [0.4, 0.5) is 0 Å². The Morgan fingerprint density at radius 2 is 1.83 bits per heavy atom. The topological polar surface area (TPSA) is 75.4 Å². The van der Waals surface area contributed by atoms with Gasteiger partial charge in [-0.25, -0.2) is 0 Å². The largest absolute Gasteiger partial charge is 0.355 e. The molecule has 1 unspecified atom stereocenters. The quantitative estimate of drug-likeness (QED) is 0.644. The van der Waals surface area contributed by atoms with Gasteiger partial charge >= 0.3 is 0 Å². The molecule has 0 saturated carbocycles. The first-order chi connectivity index (χ1) is 8.56. The molecule has 5 heteroatoms. The predicted octanol–water partition coefficient (Wildman–Crippen LogP) is 0.879. The van der Waals surface area contributed by atoms with Gasteiger partial charge in [0, 0.05) is 13.1 Å². The number of hydrogen-bond acceptors (Lipinski definition) is 3. The van der Waals surface area contributed by atoms with Crippen molar-refractivity contribution in [3.8, 4) is 0 Å². The van der Waals surface area contributed by atoms with Gasteiger partial charge in [0.05, 0.1) is 12.6 Å². The summed E-state index contributed by atoms with van der Waals surface area (Å²) in [7, 11) is 0. The Kier molecular flexibility index (Phi) is 9.28. The molecule has 0 aliphatic carbocycles. The maximum Gasteiger partial charge on any atom is 0.239 e. The van der Waals surface area contributed by atoms with E-state index < -0.39 is 6.04 Å². The van der Waals surface area contributed by atoms with E-state index in [4.69, 9.17) is 5.73 Å². The Labute approximate surface area is 110 Å². The van der Waals surface area contributed by atoms with Gasteiger partial charge in [0.15, 0.2) is 0 Å². The van der Waals surface area contributed by atoms with Gasteiger partial charge in [0.2, 0.25) is 11.8 Å². The minimum Gasteiger partial charge on any atom is -0.355 e. The SMILES string of the molecule is CCCNC(=O)CN(CCC)C(=O)C(N)CCC. The lowest BCUT2D eigenvalue weighted by atomic mass is 10.1. The number of carbonyl (C=O) groups excluding carboxylic acids is 2. The zero-order valence-electron chi connectivity index (χ0n) is 11.9. The van der Waals surface area contributed by atoms with E-state index in [0.717, 1.165) is 19.3 Å². The average Bonchev–Trinajstić information content (AvgIpc) is 2.35. The normalized spacial score (nSPS) is 12.0. The van der Waals surface area contributed by atoms with Crippen LogP contribution in [0.5, 0.6) is 0 Å². The molecule has 2 amide bonds. The fourth-order valence-corrected chi connectivity index (χ4v) is 1.70. The van der Waals surface area contributed by atoms with Gasteiger partial charge in [-0.2, -0.15) is 0 Å². The molecular weight excluding hydrogens is 230 g/mol. The number of nitrogens with one attached hydrogen (secondary N) is 1. The summed E-state index contributed by atoms with van der Waals surface area (Å²) in [6.45, 7) is 7.31. The first-order valence-corrected chi connectivity index (χ1v) is 6.87. The minimum absolute atomic E-state index is 0.109. The van der Waals surface area contributed by atoms with E-state index in [1.165, 1.54) is 0 Å². The molecule has 0 aromatic carbocycles. The average molecular weight is 257 g/mol. The smallest absolute Gasteiger partial charge is 0.239 e. The summed E-state index contributed by atoms with van der Waals surface area (Å²) >= 11 is 0. The molecule has 0 fully saturated rings. The number of nitrogens with two attached hydrogens (primary N) is 1. The van der Waals surface area contributed by atoms with E-state index in [9.17, 15) is 9.59 Å². The van der Waals surface area contributed by atoms with Gasteiger partial charge in [-0.1, -0.05) is 27.2 Å². The van der Waals surface area contributed by atoms with E-state index in [1.54, 1.807) is 4.90 Å². The van der Waals surface area contributed by atoms with Crippen molar-refractivity contribution >= 4 is 11.8 Å². The van der Waals surface area contributed by atoms with Crippen LogP contribution in [0.1, 0.15) is 46.5 Å². The number of amides is 2. The van der Waals surface area contributed by atoms with Crippen LogP contribution < -0.4 is 11.1 Å². The maximum atomic E-state index is 12.1. The molecule has 0 aromatic heterocycles. The fraction of sp³-hybridized carbons (Fsp3) is 0.846. The van der Waals surface area contributed by atoms with Crippen molar-refractivity contribution in [1.82, 2.24) is 10.2 Å². The summed E-state index contributed by atoms with van der Waals surface area (Å²) in [5.74, 6) is -0.229. The standard InChI is InChI=1S/C13H27N3O2/c1-4-7-11(14)13(18)16(9-6-3)10-12(17)15-8-5-2/h11H,4-10,14H2,1-3H3,(H,15,17). The van der Waals surface area contributed by atoms with Crippen LogP contribution in [0, 0.1) is 0 Å². The first kappa shape index (κ1) is 16.9. The number of hydrogen-bond donors (Lipinski definition) is 2. The second kappa shape index (κ2) is 9.88. The van der Waals surface area contributed by atoms with Crippen molar-refractivity contribution in [2.24, 2.45) is 5.73 Å². The van der Waals surface area contributed by atoms with E-state index >= 15 is 0 Å². The van der Waals surface area contributed by atoms with Crippen molar-refractivity contribution in [1.29, 1.82) is 0 Å². The molecule has 0 aliphatic heterocycles. The molecule has 0 heterocycles. The highest BCUT2D eigenvalue weighted by atomic mass is 16.2. The third-order valence-electron chi connectivity index (χ3n) is 2.63.